The van der Waals surface area contributed by atoms with Crippen molar-refractivity contribution in [3.8, 4) is 11.5 Å². The highest BCUT2D eigenvalue weighted by Gasteiger charge is 2.28. The van der Waals surface area contributed by atoms with E-state index >= 15 is 0 Å². The standard InChI is InChI=1S/C18H28N2O3/c1-5-22-16-10-7-14(11-17(16)23-6-2)12(3)19-13(4)18(21)20-15-8-9-15/h7,10-13,15,19H,5-6,8-9H2,1-4H3,(H,20,21)/p+1/t12-,13+/m0/s1. The summed E-state index contributed by atoms with van der Waals surface area (Å²) in [5, 5.41) is 5.14. The molecule has 0 heterocycles. The van der Waals surface area contributed by atoms with Gasteiger partial charge in [0.25, 0.3) is 5.91 Å². The number of rotatable bonds is 9. The molecule has 0 bridgehead atoms. The van der Waals surface area contributed by atoms with Crippen molar-refractivity contribution >= 4 is 5.91 Å². The van der Waals surface area contributed by atoms with Crippen molar-refractivity contribution < 1.29 is 19.6 Å². The fourth-order valence-corrected chi connectivity index (χ4v) is 2.54. The summed E-state index contributed by atoms with van der Waals surface area (Å²) in [5.41, 5.74) is 1.13. The van der Waals surface area contributed by atoms with Gasteiger partial charge in [0.1, 0.15) is 6.04 Å². The Bertz CT molecular complexity index is 529. The minimum atomic E-state index is -0.104. The van der Waals surface area contributed by atoms with Crippen LogP contribution in [0.5, 0.6) is 11.5 Å². The molecular weight excluding hydrogens is 292 g/mol. The molecule has 1 amide bonds. The van der Waals surface area contributed by atoms with Gasteiger partial charge in [-0.2, -0.15) is 0 Å². The third-order valence-electron chi connectivity index (χ3n) is 4.01. The number of nitrogens with two attached hydrogens (primary N) is 1. The molecule has 5 nitrogen and oxygen atoms in total. The maximum atomic E-state index is 12.1. The summed E-state index contributed by atoms with van der Waals surface area (Å²) in [6.45, 7) is 9.18. The van der Waals surface area contributed by atoms with Crippen LogP contribution < -0.4 is 20.1 Å². The molecule has 1 fully saturated rings. The number of amides is 1. The number of ether oxygens (including phenoxy) is 2. The van der Waals surface area contributed by atoms with Crippen LogP contribution in [0.2, 0.25) is 0 Å². The van der Waals surface area contributed by atoms with Gasteiger partial charge in [-0.3, -0.25) is 4.79 Å². The SMILES string of the molecule is CCOc1ccc([C@H](C)[NH2+][C@H](C)C(=O)NC2CC2)cc1OCC. The summed E-state index contributed by atoms with van der Waals surface area (Å²) in [7, 11) is 0. The van der Waals surface area contributed by atoms with Crippen LogP contribution >= 0.6 is 0 Å². The average Bonchev–Trinajstić information content (AvgIpc) is 3.33. The zero-order chi connectivity index (χ0) is 16.8. The lowest BCUT2D eigenvalue weighted by Crippen LogP contribution is -2.92. The monoisotopic (exact) mass is 321 g/mol. The largest absolute Gasteiger partial charge is 0.490 e. The summed E-state index contributed by atoms with van der Waals surface area (Å²) in [6.07, 6.45) is 2.23. The van der Waals surface area contributed by atoms with Crippen molar-refractivity contribution in [1.29, 1.82) is 0 Å². The molecule has 1 aliphatic rings. The van der Waals surface area contributed by atoms with Crippen molar-refractivity contribution in [3.63, 3.8) is 0 Å². The molecule has 0 unspecified atom stereocenters. The summed E-state index contributed by atoms with van der Waals surface area (Å²) >= 11 is 0. The topological polar surface area (TPSA) is 64.2 Å². The maximum absolute atomic E-state index is 12.1. The maximum Gasteiger partial charge on any atom is 0.278 e. The van der Waals surface area contributed by atoms with E-state index in [1.807, 2.05) is 39.0 Å². The molecule has 0 spiro atoms. The summed E-state index contributed by atoms with van der Waals surface area (Å²) in [5.74, 6) is 1.65. The smallest absolute Gasteiger partial charge is 0.278 e. The van der Waals surface area contributed by atoms with E-state index in [0.29, 0.717) is 19.3 Å². The molecule has 3 N–H and O–H groups in total. The van der Waals surface area contributed by atoms with Crippen molar-refractivity contribution in [2.45, 2.75) is 58.7 Å². The van der Waals surface area contributed by atoms with Gasteiger partial charge in [0.05, 0.1) is 13.2 Å². The van der Waals surface area contributed by atoms with Gasteiger partial charge < -0.3 is 20.1 Å². The van der Waals surface area contributed by atoms with E-state index in [2.05, 4.69) is 17.6 Å². The highest BCUT2D eigenvalue weighted by molar-refractivity contribution is 5.80. The number of carbonyl (C=O) groups excluding carboxylic acids is 1. The van der Waals surface area contributed by atoms with Gasteiger partial charge in [-0.15, -0.1) is 0 Å². The Balaban J connectivity index is 2.00. The lowest BCUT2D eigenvalue weighted by atomic mass is 10.1. The summed E-state index contributed by atoms with van der Waals surface area (Å²) in [4.78, 5) is 12.1. The number of benzene rings is 1. The molecule has 0 aliphatic heterocycles. The average molecular weight is 321 g/mol. The minimum absolute atomic E-state index is 0.104. The Kier molecular flexibility index (Phi) is 6.28. The zero-order valence-electron chi connectivity index (χ0n) is 14.6. The Morgan fingerprint density at radius 1 is 1.22 bits per heavy atom. The molecule has 23 heavy (non-hydrogen) atoms. The highest BCUT2D eigenvalue weighted by atomic mass is 16.5. The lowest BCUT2D eigenvalue weighted by Gasteiger charge is -2.18. The van der Waals surface area contributed by atoms with E-state index in [-0.39, 0.29) is 18.0 Å². The van der Waals surface area contributed by atoms with Crippen molar-refractivity contribution in [2.24, 2.45) is 0 Å². The molecular formula is C18H29N2O3+. The molecule has 2 atom stereocenters. The number of hydrogen-bond acceptors (Lipinski definition) is 3. The molecule has 1 aromatic rings. The molecule has 1 saturated carbocycles. The van der Waals surface area contributed by atoms with Crippen molar-refractivity contribution in [3.05, 3.63) is 23.8 Å². The summed E-state index contributed by atoms with van der Waals surface area (Å²) in [6, 6.07) is 6.48. The van der Waals surface area contributed by atoms with E-state index in [0.717, 1.165) is 29.9 Å². The second-order valence-electron chi connectivity index (χ2n) is 6.12. The number of quaternary nitrogens is 1. The number of nitrogens with one attached hydrogen (secondary N) is 1. The number of carbonyl (C=O) groups is 1. The Labute approximate surface area is 138 Å². The third kappa shape index (κ3) is 5.13. The fourth-order valence-electron chi connectivity index (χ4n) is 2.54. The van der Waals surface area contributed by atoms with Gasteiger partial charge in [-0.05, 0) is 58.7 Å². The molecule has 2 rings (SSSR count). The lowest BCUT2D eigenvalue weighted by molar-refractivity contribution is -0.710. The highest BCUT2D eigenvalue weighted by Crippen LogP contribution is 2.30. The predicted molar refractivity (Wildman–Crippen MR) is 89.7 cm³/mol. The molecule has 5 heteroatoms. The first-order chi connectivity index (χ1) is 11.0. The first-order valence-corrected chi connectivity index (χ1v) is 8.60. The molecule has 0 radical (unpaired) electrons. The Hall–Kier alpha value is -1.75. The first kappa shape index (κ1) is 17.6. The van der Waals surface area contributed by atoms with Crippen molar-refractivity contribution in [2.75, 3.05) is 13.2 Å². The van der Waals surface area contributed by atoms with Gasteiger partial charge in [0.2, 0.25) is 0 Å². The van der Waals surface area contributed by atoms with Crippen LogP contribution in [-0.2, 0) is 4.79 Å². The molecule has 1 aliphatic carbocycles. The Morgan fingerprint density at radius 3 is 2.48 bits per heavy atom. The van der Waals surface area contributed by atoms with Crippen molar-refractivity contribution in [1.82, 2.24) is 5.32 Å². The van der Waals surface area contributed by atoms with Crippen LogP contribution in [0.3, 0.4) is 0 Å². The van der Waals surface area contributed by atoms with Crippen LogP contribution in [0.15, 0.2) is 18.2 Å². The van der Waals surface area contributed by atoms with Gasteiger partial charge in [0, 0.05) is 11.6 Å². The quantitative estimate of drug-likeness (QED) is 0.729. The van der Waals surface area contributed by atoms with Gasteiger partial charge in [-0.1, -0.05) is 0 Å². The van der Waals surface area contributed by atoms with Crippen LogP contribution in [0.4, 0.5) is 0 Å². The zero-order valence-corrected chi connectivity index (χ0v) is 14.6. The van der Waals surface area contributed by atoms with Gasteiger partial charge in [0.15, 0.2) is 17.5 Å². The Morgan fingerprint density at radius 2 is 1.87 bits per heavy atom. The van der Waals surface area contributed by atoms with E-state index in [1.165, 1.54) is 0 Å². The molecule has 128 valence electrons. The van der Waals surface area contributed by atoms with Crippen LogP contribution in [0.25, 0.3) is 0 Å². The minimum Gasteiger partial charge on any atom is -0.490 e. The first-order valence-electron chi connectivity index (χ1n) is 8.60. The molecule has 1 aromatic carbocycles. The van der Waals surface area contributed by atoms with Crippen LogP contribution in [-0.4, -0.2) is 31.2 Å². The van der Waals surface area contributed by atoms with E-state index < -0.39 is 0 Å². The van der Waals surface area contributed by atoms with Gasteiger partial charge >= 0.3 is 0 Å². The van der Waals surface area contributed by atoms with E-state index in [4.69, 9.17) is 9.47 Å². The third-order valence-corrected chi connectivity index (χ3v) is 4.01. The van der Waals surface area contributed by atoms with Gasteiger partial charge in [-0.25, -0.2) is 0 Å². The summed E-state index contributed by atoms with van der Waals surface area (Å²) < 4.78 is 11.3. The molecule has 0 aromatic heterocycles. The van der Waals surface area contributed by atoms with E-state index in [1.54, 1.807) is 0 Å². The normalized spacial score (nSPS) is 16.5. The van der Waals surface area contributed by atoms with E-state index in [9.17, 15) is 4.79 Å². The molecule has 0 saturated heterocycles. The second-order valence-corrected chi connectivity index (χ2v) is 6.12. The fraction of sp³-hybridized carbons (Fsp3) is 0.611. The van der Waals surface area contributed by atoms with Crippen LogP contribution in [0.1, 0.15) is 52.1 Å². The predicted octanol–water partition coefficient (Wildman–Crippen LogP) is 1.78. The number of hydrogen-bond donors (Lipinski definition) is 2. The second kappa shape index (κ2) is 8.20. The van der Waals surface area contributed by atoms with Crippen LogP contribution in [0, 0.1) is 0 Å².